The van der Waals surface area contributed by atoms with Gasteiger partial charge < -0.3 is 9.15 Å². The molecule has 0 N–H and O–H groups in total. The van der Waals surface area contributed by atoms with E-state index in [1.54, 1.807) is 11.3 Å². The Labute approximate surface area is 218 Å². The molecule has 0 unspecified atom stereocenters. The van der Waals surface area contributed by atoms with Crippen LogP contribution in [0.15, 0.2) is 89.3 Å². The van der Waals surface area contributed by atoms with Crippen molar-refractivity contribution in [3.63, 3.8) is 0 Å². The first-order chi connectivity index (χ1) is 18.8. The zero-order valence-electron chi connectivity index (χ0n) is 19.6. The third-order valence-electron chi connectivity index (χ3n) is 7.31. The van der Waals surface area contributed by atoms with Gasteiger partial charge in [-0.2, -0.15) is 10.2 Å². The van der Waals surface area contributed by atoms with Crippen molar-refractivity contribution in [3.8, 4) is 33.1 Å². The highest BCUT2D eigenvalue weighted by Crippen LogP contribution is 2.51. The van der Waals surface area contributed by atoms with Crippen molar-refractivity contribution in [2.75, 3.05) is 0 Å². The molecule has 0 amide bonds. The summed E-state index contributed by atoms with van der Waals surface area (Å²) in [5, 5.41) is 17.1. The smallest absolute Gasteiger partial charge is 0.236 e. The Kier molecular flexibility index (Phi) is 3.66. The van der Waals surface area contributed by atoms with Crippen LogP contribution in [0.3, 0.4) is 0 Å². The zero-order chi connectivity index (χ0) is 25.0. The number of benzene rings is 4. The summed E-state index contributed by atoms with van der Waals surface area (Å²) in [6.45, 7) is 0. The van der Waals surface area contributed by atoms with Crippen molar-refractivity contribution in [1.29, 1.82) is 5.26 Å². The van der Waals surface area contributed by atoms with Crippen LogP contribution in [0, 0.1) is 11.3 Å². The Morgan fingerprint density at radius 2 is 1.63 bits per heavy atom. The highest BCUT2D eigenvalue weighted by Gasteiger charge is 2.28. The van der Waals surface area contributed by atoms with Crippen LogP contribution >= 0.6 is 11.3 Å². The summed E-state index contributed by atoms with van der Waals surface area (Å²) in [4.78, 5) is 9.89. The average Bonchev–Trinajstić information content (AvgIpc) is 3.65. The topological polar surface area (TPSA) is 76.9 Å². The van der Waals surface area contributed by atoms with Gasteiger partial charge in [0.15, 0.2) is 11.5 Å². The number of aromatic nitrogens is 3. The van der Waals surface area contributed by atoms with Crippen molar-refractivity contribution in [3.05, 3.63) is 90.8 Å². The van der Waals surface area contributed by atoms with E-state index in [1.807, 2.05) is 42.5 Å². The number of hydrogen-bond donors (Lipinski definition) is 0. The normalized spacial score (nSPS) is 12.4. The molecule has 5 heterocycles. The lowest BCUT2D eigenvalue weighted by molar-refractivity contribution is 0.480. The molecule has 0 saturated carbocycles. The van der Waals surface area contributed by atoms with Crippen molar-refractivity contribution < 1.29 is 9.15 Å². The quantitative estimate of drug-likeness (QED) is 0.224. The molecule has 4 aromatic carbocycles. The van der Waals surface area contributed by atoms with Gasteiger partial charge in [-0.15, -0.1) is 11.3 Å². The molecule has 0 atom stereocenters. The molecular weight excluding hydrogens is 492 g/mol. The molecule has 0 spiro atoms. The Balaban J connectivity index is 1.38. The van der Waals surface area contributed by atoms with Crippen LogP contribution in [0.25, 0.3) is 70.2 Å². The second-order valence-corrected chi connectivity index (χ2v) is 10.4. The minimum atomic E-state index is 0.0717. The van der Waals surface area contributed by atoms with Gasteiger partial charge in [-0.05, 0) is 29.0 Å². The molecule has 1 aliphatic rings. The lowest BCUT2D eigenvalue weighted by Crippen LogP contribution is -2.00. The van der Waals surface area contributed by atoms with Gasteiger partial charge >= 0.3 is 0 Å². The zero-order valence-corrected chi connectivity index (χ0v) is 20.4. The van der Waals surface area contributed by atoms with Crippen molar-refractivity contribution in [2.45, 2.75) is 0 Å². The molecule has 0 bridgehead atoms. The molecule has 9 rings (SSSR count). The minimum absolute atomic E-state index is 0.0717. The molecular formula is C31H14N4O2S. The van der Waals surface area contributed by atoms with E-state index in [0.717, 1.165) is 48.6 Å². The number of ether oxygens (including phenoxy) is 1. The Hall–Kier alpha value is -5.19. The number of nitrogens with zero attached hydrogens (tertiary/aromatic N) is 4. The van der Waals surface area contributed by atoms with Gasteiger partial charge in [-0.3, -0.25) is 4.57 Å². The number of furan rings is 1. The highest BCUT2D eigenvalue weighted by molar-refractivity contribution is 7.18. The van der Waals surface area contributed by atoms with Crippen LogP contribution in [-0.4, -0.2) is 14.5 Å². The van der Waals surface area contributed by atoms with Crippen molar-refractivity contribution in [2.24, 2.45) is 0 Å². The number of nitriles is 1. The summed E-state index contributed by atoms with van der Waals surface area (Å²) in [7, 11) is 0. The van der Waals surface area contributed by atoms with Crippen molar-refractivity contribution >= 4 is 66.0 Å². The Bertz CT molecular complexity index is 2350. The second-order valence-electron chi connectivity index (χ2n) is 9.34. The summed E-state index contributed by atoms with van der Waals surface area (Å²) < 4.78 is 14.8. The summed E-state index contributed by atoms with van der Waals surface area (Å²) in [5.41, 5.74) is 3.97. The molecule has 8 aromatic rings. The third-order valence-corrected chi connectivity index (χ3v) is 8.42. The van der Waals surface area contributed by atoms with E-state index in [9.17, 15) is 5.26 Å². The maximum Gasteiger partial charge on any atom is 0.236 e. The molecule has 0 radical (unpaired) electrons. The van der Waals surface area contributed by atoms with E-state index in [0.29, 0.717) is 17.0 Å². The third kappa shape index (κ3) is 2.45. The maximum absolute atomic E-state index is 9.66. The summed E-state index contributed by atoms with van der Waals surface area (Å²) in [6, 6.07) is 31.0. The van der Waals surface area contributed by atoms with E-state index >= 15 is 0 Å². The summed E-state index contributed by atoms with van der Waals surface area (Å²) in [6.07, 6.45) is 0. The lowest BCUT2D eigenvalue weighted by atomic mass is 10.0. The van der Waals surface area contributed by atoms with E-state index in [-0.39, 0.29) is 5.82 Å². The highest BCUT2D eigenvalue weighted by atomic mass is 32.1. The molecule has 0 fully saturated rings. The van der Waals surface area contributed by atoms with E-state index < -0.39 is 0 Å². The first-order valence-electron chi connectivity index (χ1n) is 12.2. The second kappa shape index (κ2) is 6.97. The SMILES string of the molecule is N#Cc1nc(-c2cc3c(s2)-n2c4ccc5ccccc5c4c4cccc(c42)O3)c2c(n1)oc1ccccc12. The fraction of sp³-hybridized carbons (Fsp3) is 0. The molecule has 6 nitrogen and oxygen atoms in total. The van der Waals surface area contributed by atoms with Crippen LogP contribution in [0.1, 0.15) is 5.82 Å². The molecule has 0 aliphatic carbocycles. The molecule has 0 saturated heterocycles. The molecule has 4 aromatic heterocycles. The number of para-hydroxylation sites is 2. The van der Waals surface area contributed by atoms with E-state index in [1.165, 1.54) is 16.2 Å². The van der Waals surface area contributed by atoms with Crippen LogP contribution in [0.4, 0.5) is 0 Å². The fourth-order valence-electron chi connectivity index (χ4n) is 5.78. The van der Waals surface area contributed by atoms with Gasteiger partial charge in [0, 0.05) is 22.2 Å². The van der Waals surface area contributed by atoms with Crippen LogP contribution in [-0.2, 0) is 0 Å². The molecule has 176 valence electrons. The first kappa shape index (κ1) is 19.9. The molecule has 1 aliphatic heterocycles. The van der Waals surface area contributed by atoms with Gasteiger partial charge in [0.2, 0.25) is 11.5 Å². The predicted molar refractivity (Wildman–Crippen MR) is 149 cm³/mol. The monoisotopic (exact) mass is 506 g/mol. The van der Waals surface area contributed by atoms with E-state index in [2.05, 4.69) is 63.1 Å². The van der Waals surface area contributed by atoms with Crippen LogP contribution in [0.2, 0.25) is 0 Å². The Morgan fingerprint density at radius 1 is 0.789 bits per heavy atom. The van der Waals surface area contributed by atoms with Gasteiger partial charge in [0.1, 0.15) is 16.7 Å². The predicted octanol–water partition coefficient (Wildman–Crippen LogP) is 8.33. The molecule has 7 heteroatoms. The maximum atomic E-state index is 9.66. The van der Waals surface area contributed by atoms with Crippen molar-refractivity contribution in [1.82, 2.24) is 14.5 Å². The van der Waals surface area contributed by atoms with Crippen LogP contribution < -0.4 is 4.74 Å². The number of hydrogen-bond acceptors (Lipinski definition) is 6. The average molecular weight is 507 g/mol. The van der Waals surface area contributed by atoms with Gasteiger partial charge in [-0.1, -0.05) is 60.7 Å². The fourth-order valence-corrected chi connectivity index (χ4v) is 6.88. The number of thiophene rings is 1. The Morgan fingerprint density at radius 3 is 2.55 bits per heavy atom. The van der Waals surface area contributed by atoms with Gasteiger partial charge in [-0.25, -0.2) is 4.98 Å². The first-order valence-corrected chi connectivity index (χ1v) is 13.0. The standard InChI is InChI=1S/C31H14N4O2S/c32-15-25-33-28(27-18-8-3-4-10-21(18)37-30(27)34-25)24-14-23-31(38-24)35-20-13-12-16-6-1-2-7-17(16)26(20)19-9-5-11-22(36-23)29(19)35/h1-14H. The number of fused-ring (bicyclic) bond motifs is 10. The summed E-state index contributed by atoms with van der Waals surface area (Å²) in [5.74, 6) is 1.65. The van der Waals surface area contributed by atoms with Gasteiger partial charge in [0.25, 0.3) is 0 Å². The van der Waals surface area contributed by atoms with E-state index in [4.69, 9.17) is 9.15 Å². The number of rotatable bonds is 1. The lowest BCUT2D eigenvalue weighted by Gasteiger charge is -2.17. The summed E-state index contributed by atoms with van der Waals surface area (Å²) >= 11 is 1.59. The largest absolute Gasteiger partial charge is 0.452 e. The van der Waals surface area contributed by atoms with Gasteiger partial charge in [0.05, 0.1) is 27.0 Å². The minimum Gasteiger partial charge on any atom is -0.452 e. The molecule has 38 heavy (non-hydrogen) atoms. The van der Waals surface area contributed by atoms with Crippen LogP contribution in [0.5, 0.6) is 11.5 Å².